The number of fused-ring (bicyclic) bond motifs is 1. The van der Waals surface area contributed by atoms with Gasteiger partial charge in [0.1, 0.15) is 11.3 Å². The summed E-state index contributed by atoms with van der Waals surface area (Å²) in [5.74, 6) is -0.285. The second-order valence-electron chi connectivity index (χ2n) is 5.43. The molecule has 2 N–H and O–H groups in total. The van der Waals surface area contributed by atoms with Crippen LogP contribution in [0.15, 0.2) is 22.6 Å². The Morgan fingerprint density at radius 1 is 1.19 bits per heavy atom. The molecule has 0 amide bonds. The van der Waals surface area contributed by atoms with Crippen LogP contribution >= 0.6 is 0 Å². The van der Waals surface area contributed by atoms with Gasteiger partial charge >= 0.3 is 0 Å². The van der Waals surface area contributed by atoms with Gasteiger partial charge in [-0.05, 0) is 38.1 Å². The van der Waals surface area contributed by atoms with Crippen LogP contribution in [0, 0.1) is 5.82 Å². The fraction of sp³-hybridized carbons (Fsp3) is 0.533. The number of unbranched alkanes of at least 4 members (excludes halogenated alkanes) is 1. The minimum absolute atomic E-state index is 0.285. The first kappa shape index (κ1) is 14.3. The third-order valence-corrected chi connectivity index (χ3v) is 3.91. The lowest BCUT2D eigenvalue weighted by molar-refractivity contribution is 0.249. The molecule has 2 heterocycles. The van der Waals surface area contributed by atoms with E-state index >= 15 is 0 Å². The molecule has 1 aliphatic heterocycles. The Balaban J connectivity index is 1.60. The molecule has 1 saturated heterocycles. The molecule has 0 unspecified atom stereocenters. The largest absolute Gasteiger partial charge is 0.423 e. The lowest BCUT2D eigenvalue weighted by Gasteiger charge is -2.33. The molecular formula is C15H21FN4O. The van der Waals surface area contributed by atoms with Crippen molar-refractivity contribution in [2.45, 2.75) is 12.8 Å². The van der Waals surface area contributed by atoms with Crippen molar-refractivity contribution in [3.05, 3.63) is 24.0 Å². The normalized spacial score (nSPS) is 16.8. The molecule has 0 aliphatic carbocycles. The standard InChI is InChI=1S/C15H21FN4O/c16-12-3-4-14-13(11-12)18-15(21-14)20-9-7-19(8-10-20)6-2-1-5-17/h3-4,11H,1-2,5-10,17H2. The molecule has 0 atom stereocenters. The van der Waals surface area contributed by atoms with E-state index in [2.05, 4.69) is 14.8 Å². The molecule has 3 rings (SSSR count). The molecule has 0 spiro atoms. The maximum atomic E-state index is 13.2. The monoisotopic (exact) mass is 292 g/mol. The minimum atomic E-state index is -0.285. The summed E-state index contributed by atoms with van der Waals surface area (Å²) in [4.78, 5) is 8.94. The van der Waals surface area contributed by atoms with Crippen LogP contribution in [0.3, 0.4) is 0 Å². The van der Waals surface area contributed by atoms with Gasteiger partial charge in [-0.3, -0.25) is 4.90 Å². The van der Waals surface area contributed by atoms with Crippen LogP contribution < -0.4 is 10.6 Å². The van der Waals surface area contributed by atoms with Crippen molar-refractivity contribution >= 4 is 17.1 Å². The molecule has 6 heteroatoms. The molecule has 0 saturated carbocycles. The Morgan fingerprint density at radius 2 is 2.00 bits per heavy atom. The number of benzene rings is 1. The van der Waals surface area contributed by atoms with Crippen LogP contribution in [-0.4, -0.2) is 49.2 Å². The summed E-state index contributed by atoms with van der Waals surface area (Å²) in [6.45, 7) is 5.63. The van der Waals surface area contributed by atoms with E-state index in [1.807, 2.05) is 0 Å². The average molecular weight is 292 g/mol. The highest BCUT2D eigenvalue weighted by Crippen LogP contribution is 2.23. The van der Waals surface area contributed by atoms with Crippen molar-refractivity contribution in [3.63, 3.8) is 0 Å². The third kappa shape index (κ3) is 3.33. The quantitative estimate of drug-likeness (QED) is 0.852. The zero-order chi connectivity index (χ0) is 14.7. The van der Waals surface area contributed by atoms with Gasteiger partial charge in [-0.15, -0.1) is 0 Å². The lowest BCUT2D eigenvalue weighted by Crippen LogP contribution is -2.46. The first-order chi connectivity index (χ1) is 10.3. The number of aromatic nitrogens is 1. The Labute approximate surface area is 123 Å². The van der Waals surface area contributed by atoms with Gasteiger partial charge in [0.15, 0.2) is 5.58 Å². The predicted octanol–water partition coefficient (Wildman–Crippen LogP) is 1.83. The number of oxazole rings is 1. The van der Waals surface area contributed by atoms with Crippen molar-refractivity contribution in [1.29, 1.82) is 0 Å². The highest BCUT2D eigenvalue weighted by Gasteiger charge is 2.20. The number of rotatable bonds is 5. The van der Waals surface area contributed by atoms with Crippen molar-refractivity contribution in [2.75, 3.05) is 44.2 Å². The van der Waals surface area contributed by atoms with Crippen LogP contribution in [0.4, 0.5) is 10.4 Å². The molecule has 2 aromatic rings. The molecule has 0 radical (unpaired) electrons. The molecule has 21 heavy (non-hydrogen) atoms. The van der Waals surface area contributed by atoms with Gasteiger partial charge in [-0.2, -0.15) is 4.98 Å². The fourth-order valence-electron chi connectivity index (χ4n) is 2.67. The van der Waals surface area contributed by atoms with Gasteiger partial charge in [0.2, 0.25) is 0 Å². The number of nitrogens with zero attached hydrogens (tertiary/aromatic N) is 3. The zero-order valence-electron chi connectivity index (χ0n) is 12.1. The summed E-state index contributed by atoms with van der Waals surface area (Å²) < 4.78 is 18.9. The van der Waals surface area contributed by atoms with Crippen LogP contribution in [-0.2, 0) is 0 Å². The number of halogens is 1. The summed E-state index contributed by atoms with van der Waals surface area (Å²) in [6, 6.07) is 5.03. The van der Waals surface area contributed by atoms with Crippen molar-refractivity contribution < 1.29 is 8.81 Å². The average Bonchev–Trinajstić information content (AvgIpc) is 2.91. The minimum Gasteiger partial charge on any atom is -0.423 e. The van der Waals surface area contributed by atoms with E-state index < -0.39 is 0 Å². The van der Waals surface area contributed by atoms with Crippen molar-refractivity contribution in [2.24, 2.45) is 5.73 Å². The maximum absolute atomic E-state index is 13.2. The first-order valence-electron chi connectivity index (χ1n) is 7.50. The van der Waals surface area contributed by atoms with Crippen LogP contribution in [0.1, 0.15) is 12.8 Å². The topological polar surface area (TPSA) is 58.5 Å². The Morgan fingerprint density at radius 3 is 2.76 bits per heavy atom. The molecule has 1 aromatic heterocycles. The Bertz CT molecular complexity index is 592. The molecule has 1 fully saturated rings. The first-order valence-corrected chi connectivity index (χ1v) is 7.50. The van der Waals surface area contributed by atoms with E-state index in [0.717, 1.165) is 52.1 Å². The van der Waals surface area contributed by atoms with Gasteiger partial charge in [-0.25, -0.2) is 4.39 Å². The zero-order valence-corrected chi connectivity index (χ0v) is 12.1. The Hall–Kier alpha value is -1.66. The smallest absolute Gasteiger partial charge is 0.298 e. The molecule has 114 valence electrons. The third-order valence-electron chi connectivity index (χ3n) is 3.91. The van der Waals surface area contributed by atoms with Crippen molar-refractivity contribution in [1.82, 2.24) is 9.88 Å². The van der Waals surface area contributed by atoms with Gasteiger partial charge in [0, 0.05) is 32.2 Å². The van der Waals surface area contributed by atoms with Crippen LogP contribution in [0.25, 0.3) is 11.1 Å². The highest BCUT2D eigenvalue weighted by molar-refractivity contribution is 5.74. The Kier molecular flexibility index (Phi) is 4.36. The van der Waals surface area contributed by atoms with Gasteiger partial charge in [0.25, 0.3) is 6.01 Å². The SMILES string of the molecule is NCCCCN1CCN(c2nc3cc(F)ccc3o2)CC1. The number of anilines is 1. The highest BCUT2D eigenvalue weighted by atomic mass is 19.1. The maximum Gasteiger partial charge on any atom is 0.298 e. The summed E-state index contributed by atoms with van der Waals surface area (Å²) in [6.07, 6.45) is 2.23. The fourth-order valence-corrected chi connectivity index (χ4v) is 2.67. The van der Waals surface area contributed by atoms with E-state index in [-0.39, 0.29) is 5.82 Å². The van der Waals surface area contributed by atoms with E-state index in [1.165, 1.54) is 12.1 Å². The lowest BCUT2D eigenvalue weighted by atomic mass is 10.2. The van der Waals surface area contributed by atoms with Crippen LogP contribution in [0.2, 0.25) is 0 Å². The van der Waals surface area contributed by atoms with E-state index in [9.17, 15) is 4.39 Å². The second-order valence-corrected chi connectivity index (χ2v) is 5.43. The number of piperazine rings is 1. The van der Waals surface area contributed by atoms with Gasteiger partial charge in [-0.1, -0.05) is 0 Å². The predicted molar refractivity (Wildman–Crippen MR) is 80.9 cm³/mol. The van der Waals surface area contributed by atoms with Crippen molar-refractivity contribution in [3.8, 4) is 0 Å². The van der Waals surface area contributed by atoms with Gasteiger partial charge in [0.05, 0.1) is 0 Å². The van der Waals surface area contributed by atoms with E-state index in [0.29, 0.717) is 17.1 Å². The van der Waals surface area contributed by atoms with Gasteiger partial charge < -0.3 is 15.1 Å². The number of nitrogens with two attached hydrogens (primary N) is 1. The summed E-state index contributed by atoms with van der Waals surface area (Å²) >= 11 is 0. The molecule has 5 nitrogen and oxygen atoms in total. The molecule has 1 aliphatic rings. The number of hydrogen-bond donors (Lipinski definition) is 1. The van der Waals surface area contributed by atoms with E-state index in [4.69, 9.17) is 10.2 Å². The summed E-state index contributed by atoms with van der Waals surface area (Å²) in [5, 5.41) is 0. The number of hydrogen-bond acceptors (Lipinski definition) is 5. The molecule has 1 aromatic carbocycles. The summed E-state index contributed by atoms with van der Waals surface area (Å²) in [5.41, 5.74) is 6.73. The van der Waals surface area contributed by atoms with Crippen LogP contribution in [0.5, 0.6) is 0 Å². The molecular weight excluding hydrogens is 271 g/mol. The van der Waals surface area contributed by atoms with E-state index in [1.54, 1.807) is 6.07 Å². The second kappa shape index (κ2) is 6.41. The molecule has 0 bridgehead atoms. The summed E-state index contributed by atoms with van der Waals surface area (Å²) in [7, 11) is 0.